The molecule has 0 saturated carbocycles. The Morgan fingerprint density at radius 1 is 1.58 bits per heavy atom. The first-order valence-corrected chi connectivity index (χ1v) is 4.58. The van der Waals surface area contributed by atoms with E-state index in [0.717, 1.165) is 13.1 Å². The molecule has 1 aliphatic heterocycles. The van der Waals surface area contributed by atoms with E-state index in [1.165, 1.54) is 18.1 Å². The molecular weight excluding hydrogens is 150 g/mol. The van der Waals surface area contributed by atoms with Crippen LogP contribution in [0.25, 0.3) is 0 Å². The van der Waals surface area contributed by atoms with Gasteiger partial charge in [0.25, 0.3) is 0 Å². The van der Waals surface area contributed by atoms with Crippen molar-refractivity contribution in [2.75, 3.05) is 11.9 Å². The first-order chi connectivity index (χ1) is 5.79. The van der Waals surface area contributed by atoms with Gasteiger partial charge in [0.05, 0.1) is 6.20 Å². The fourth-order valence-corrected chi connectivity index (χ4v) is 1.68. The van der Waals surface area contributed by atoms with Crippen LogP contribution in [-0.2, 0) is 6.54 Å². The Kier molecular flexibility index (Phi) is 1.79. The summed E-state index contributed by atoms with van der Waals surface area (Å²) in [6.45, 7) is 6.58. The number of aromatic nitrogens is 2. The summed E-state index contributed by atoms with van der Waals surface area (Å²) in [7, 11) is 0. The quantitative estimate of drug-likeness (QED) is 0.688. The van der Waals surface area contributed by atoms with E-state index in [2.05, 4.69) is 28.7 Å². The molecule has 0 aliphatic carbocycles. The van der Waals surface area contributed by atoms with Crippen molar-refractivity contribution in [3.05, 3.63) is 12.0 Å². The van der Waals surface area contributed by atoms with Gasteiger partial charge in [-0.25, -0.2) is 4.98 Å². The van der Waals surface area contributed by atoms with E-state index < -0.39 is 0 Å². The highest BCUT2D eigenvalue weighted by Gasteiger charge is 2.14. The molecule has 0 unspecified atom stereocenters. The molecule has 2 rings (SSSR count). The van der Waals surface area contributed by atoms with Gasteiger partial charge in [-0.05, 0) is 6.42 Å². The molecule has 0 amide bonds. The lowest BCUT2D eigenvalue weighted by molar-refractivity contribution is 0.580. The van der Waals surface area contributed by atoms with Gasteiger partial charge in [0.2, 0.25) is 0 Å². The molecule has 2 heterocycles. The zero-order valence-corrected chi connectivity index (χ0v) is 7.67. The van der Waals surface area contributed by atoms with Gasteiger partial charge in [0.15, 0.2) is 0 Å². The minimum atomic E-state index is 0.527. The average Bonchev–Trinajstić information content (AvgIpc) is 2.47. The normalized spacial score (nSPS) is 15.9. The van der Waals surface area contributed by atoms with Gasteiger partial charge >= 0.3 is 0 Å². The maximum Gasteiger partial charge on any atom is 0.126 e. The highest BCUT2D eigenvalue weighted by atomic mass is 15.2. The summed E-state index contributed by atoms with van der Waals surface area (Å²) in [5.41, 5.74) is 0. The molecule has 1 N–H and O–H groups in total. The molecule has 3 heteroatoms. The van der Waals surface area contributed by atoms with Gasteiger partial charge in [0, 0.05) is 19.0 Å². The third-order valence-electron chi connectivity index (χ3n) is 2.27. The Bertz CT molecular complexity index is 275. The van der Waals surface area contributed by atoms with Gasteiger partial charge in [-0.1, -0.05) is 13.8 Å². The molecule has 66 valence electrons. The number of nitrogens with one attached hydrogen (secondary N) is 1. The van der Waals surface area contributed by atoms with Crippen LogP contribution in [0.5, 0.6) is 0 Å². The van der Waals surface area contributed by atoms with E-state index in [1.807, 2.05) is 6.20 Å². The lowest BCUT2D eigenvalue weighted by Gasteiger charge is -2.19. The Hall–Kier alpha value is -0.990. The summed E-state index contributed by atoms with van der Waals surface area (Å²) in [5.74, 6) is 2.92. The Balaban J connectivity index is 2.38. The Morgan fingerprint density at radius 2 is 2.42 bits per heavy atom. The van der Waals surface area contributed by atoms with Crippen molar-refractivity contribution in [1.29, 1.82) is 0 Å². The molecule has 0 fully saturated rings. The second kappa shape index (κ2) is 2.81. The van der Waals surface area contributed by atoms with Gasteiger partial charge in [-0.3, -0.25) is 0 Å². The van der Waals surface area contributed by atoms with Gasteiger partial charge < -0.3 is 9.88 Å². The topological polar surface area (TPSA) is 29.9 Å². The zero-order valence-electron chi connectivity index (χ0n) is 7.67. The maximum atomic E-state index is 4.40. The van der Waals surface area contributed by atoms with Crippen molar-refractivity contribution in [3.63, 3.8) is 0 Å². The molecule has 12 heavy (non-hydrogen) atoms. The van der Waals surface area contributed by atoms with Crippen LogP contribution < -0.4 is 5.32 Å². The number of anilines is 1. The molecule has 1 aliphatic rings. The summed E-state index contributed by atoms with van der Waals surface area (Å²) in [6.07, 6.45) is 3.15. The summed E-state index contributed by atoms with van der Waals surface area (Å²) in [5, 5.41) is 3.34. The summed E-state index contributed by atoms with van der Waals surface area (Å²) in [4.78, 5) is 4.40. The predicted molar refractivity (Wildman–Crippen MR) is 49.4 cm³/mol. The number of rotatable bonds is 1. The molecule has 1 aromatic rings. The SMILES string of the molecule is CC(C)c1ncc2n1CCCN2. The first kappa shape index (κ1) is 7.65. The van der Waals surface area contributed by atoms with E-state index >= 15 is 0 Å². The molecule has 0 spiro atoms. The van der Waals surface area contributed by atoms with Crippen LogP contribution in [0.4, 0.5) is 5.82 Å². The van der Waals surface area contributed by atoms with Crippen LogP contribution in [0, 0.1) is 0 Å². The lowest BCUT2D eigenvalue weighted by Crippen LogP contribution is -2.18. The Morgan fingerprint density at radius 3 is 3.17 bits per heavy atom. The highest BCUT2D eigenvalue weighted by molar-refractivity contribution is 5.36. The van der Waals surface area contributed by atoms with E-state index in [0.29, 0.717) is 5.92 Å². The molecule has 0 saturated heterocycles. The largest absolute Gasteiger partial charge is 0.370 e. The fourth-order valence-electron chi connectivity index (χ4n) is 1.68. The van der Waals surface area contributed by atoms with Crippen LogP contribution in [0.2, 0.25) is 0 Å². The monoisotopic (exact) mass is 165 g/mol. The maximum absolute atomic E-state index is 4.40. The number of hydrogen-bond acceptors (Lipinski definition) is 2. The fraction of sp³-hybridized carbons (Fsp3) is 0.667. The van der Waals surface area contributed by atoms with E-state index in [9.17, 15) is 0 Å². The molecule has 0 aromatic carbocycles. The van der Waals surface area contributed by atoms with Crippen molar-refractivity contribution in [1.82, 2.24) is 9.55 Å². The van der Waals surface area contributed by atoms with Gasteiger partial charge in [0.1, 0.15) is 11.6 Å². The van der Waals surface area contributed by atoms with Gasteiger partial charge in [-0.2, -0.15) is 0 Å². The molecular formula is C9H15N3. The smallest absolute Gasteiger partial charge is 0.126 e. The average molecular weight is 165 g/mol. The van der Waals surface area contributed by atoms with Crippen LogP contribution in [0.15, 0.2) is 6.20 Å². The zero-order chi connectivity index (χ0) is 8.55. The van der Waals surface area contributed by atoms with Crippen molar-refractivity contribution < 1.29 is 0 Å². The summed E-state index contributed by atoms with van der Waals surface area (Å²) in [6, 6.07) is 0. The van der Waals surface area contributed by atoms with Crippen LogP contribution in [-0.4, -0.2) is 16.1 Å². The number of imidazole rings is 1. The molecule has 1 aromatic heterocycles. The summed E-state index contributed by atoms with van der Waals surface area (Å²) < 4.78 is 2.29. The van der Waals surface area contributed by atoms with E-state index in [-0.39, 0.29) is 0 Å². The third-order valence-corrected chi connectivity index (χ3v) is 2.27. The second-order valence-electron chi connectivity index (χ2n) is 3.59. The summed E-state index contributed by atoms with van der Waals surface area (Å²) >= 11 is 0. The van der Waals surface area contributed by atoms with E-state index in [1.54, 1.807) is 0 Å². The first-order valence-electron chi connectivity index (χ1n) is 4.58. The van der Waals surface area contributed by atoms with Crippen LogP contribution >= 0.6 is 0 Å². The standard InChI is InChI=1S/C9H15N3/c1-7(2)9-11-6-8-10-4-3-5-12(8)9/h6-7,10H,3-5H2,1-2H3. The predicted octanol–water partition coefficient (Wildman–Crippen LogP) is 1.82. The minimum absolute atomic E-state index is 0.527. The van der Waals surface area contributed by atoms with Crippen molar-refractivity contribution >= 4 is 5.82 Å². The molecule has 0 radical (unpaired) electrons. The van der Waals surface area contributed by atoms with Crippen LogP contribution in [0.3, 0.4) is 0 Å². The highest BCUT2D eigenvalue weighted by Crippen LogP contribution is 2.21. The van der Waals surface area contributed by atoms with E-state index in [4.69, 9.17) is 0 Å². The van der Waals surface area contributed by atoms with Crippen molar-refractivity contribution in [3.8, 4) is 0 Å². The Labute approximate surface area is 72.8 Å². The second-order valence-corrected chi connectivity index (χ2v) is 3.59. The minimum Gasteiger partial charge on any atom is -0.370 e. The van der Waals surface area contributed by atoms with Gasteiger partial charge in [-0.15, -0.1) is 0 Å². The third kappa shape index (κ3) is 1.09. The van der Waals surface area contributed by atoms with Crippen molar-refractivity contribution in [2.45, 2.75) is 32.7 Å². The number of fused-ring (bicyclic) bond motifs is 1. The lowest BCUT2D eigenvalue weighted by atomic mass is 10.2. The number of hydrogen-bond donors (Lipinski definition) is 1. The molecule has 0 atom stereocenters. The number of nitrogens with zero attached hydrogens (tertiary/aromatic N) is 2. The van der Waals surface area contributed by atoms with Crippen molar-refractivity contribution in [2.24, 2.45) is 0 Å². The molecule has 0 bridgehead atoms. The van der Waals surface area contributed by atoms with Crippen LogP contribution in [0.1, 0.15) is 32.0 Å². The molecule has 3 nitrogen and oxygen atoms in total.